The van der Waals surface area contributed by atoms with E-state index in [0.29, 0.717) is 22.8 Å². The van der Waals surface area contributed by atoms with E-state index in [4.69, 9.17) is 17.3 Å². The molecule has 0 radical (unpaired) electrons. The topological polar surface area (TPSA) is 59.1 Å². The van der Waals surface area contributed by atoms with Crippen molar-refractivity contribution < 1.29 is 5.11 Å². The van der Waals surface area contributed by atoms with E-state index in [1.807, 2.05) is 39.0 Å². The van der Waals surface area contributed by atoms with Gasteiger partial charge in [-0.25, -0.2) is 0 Å². The van der Waals surface area contributed by atoms with E-state index in [1.54, 1.807) is 19.9 Å². The first kappa shape index (κ1) is 19.6. The third-order valence-electron chi connectivity index (χ3n) is 3.58. The van der Waals surface area contributed by atoms with Gasteiger partial charge in [-0.3, -0.25) is 4.98 Å². The minimum Gasteiger partial charge on any atom is -0.386 e. The molecule has 3 nitrogen and oxygen atoms in total. The highest BCUT2D eigenvalue weighted by Gasteiger charge is 2.25. The van der Waals surface area contributed by atoms with Crippen LogP contribution in [0.4, 0.5) is 0 Å². The number of rotatable bonds is 6. The lowest BCUT2D eigenvalue weighted by Crippen LogP contribution is -2.20. The van der Waals surface area contributed by atoms with Crippen LogP contribution in [0.15, 0.2) is 36.4 Å². The summed E-state index contributed by atoms with van der Waals surface area (Å²) in [4.78, 5) is 4.67. The summed E-state index contributed by atoms with van der Waals surface area (Å²) in [5, 5.41) is 10.9. The molecular formula is C19H27ClN2O. The minimum absolute atomic E-state index is 0.0710. The number of hydrogen-bond donors (Lipinski definition) is 2. The Hall–Kier alpha value is -1.42. The summed E-state index contributed by atoms with van der Waals surface area (Å²) in [6, 6.07) is 1.84. The Morgan fingerprint density at radius 1 is 1.43 bits per heavy atom. The maximum atomic E-state index is 10.4. The Morgan fingerprint density at radius 3 is 2.48 bits per heavy atom. The number of halogens is 1. The Bertz CT molecular complexity index is 636. The predicted molar refractivity (Wildman–Crippen MR) is 99.6 cm³/mol. The molecule has 0 saturated carbocycles. The van der Waals surface area contributed by atoms with E-state index in [-0.39, 0.29) is 5.92 Å². The summed E-state index contributed by atoms with van der Waals surface area (Å²) in [5.74, 6) is 0.0710. The molecule has 1 aromatic rings. The molecule has 0 aromatic carbocycles. The van der Waals surface area contributed by atoms with Gasteiger partial charge < -0.3 is 10.8 Å². The normalized spacial score (nSPS) is 13.7. The lowest BCUT2D eigenvalue weighted by molar-refractivity contribution is 0.0784. The van der Waals surface area contributed by atoms with Crippen molar-refractivity contribution in [1.82, 2.24) is 4.98 Å². The van der Waals surface area contributed by atoms with Crippen molar-refractivity contribution >= 4 is 17.2 Å². The average Bonchev–Trinajstić information content (AvgIpc) is 2.46. The van der Waals surface area contributed by atoms with Crippen LogP contribution in [-0.2, 0) is 5.60 Å². The highest BCUT2D eigenvalue weighted by molar-refractivity contribution is 6.33. The first-order valence-corrected chi connectivity index (χ1v) is 8.11. The first-order chi connectivity index (χ1) is 10.6. The zero-order chi connectivity index (χ0) is 17.8. The van der Waals surface area contributed by atoms with Crippen LogP contribution >= 0.6 is 11.6 Å². The van der Waals surface area contributed by atoms with Gasteiger partial charge in [-0.05, 0) is 33.8 Å². The van der Waals surface area contributed by atoms with Crippen molar-refractivity contribution in [3.8, 4) is 0 Å². The largest absolute Gasteiger partial charge is 0.386 e. The fraction of sp³-hybridized carbons (Fsp3) is 0.421. The van der Waals surface area contributed by atoms with Crippen molar-refractivity contribution in [2.24, 2.45) is 5.73 Å². The van der Waals surface area contributed by atoms with Crippen LogP contribution < -0.4 is 5.73 Å². The molecule has 1 atom stereocenters. The van der Waals surface area contributed by atoms with Crippen LogP contribution in [0.3, 0.4) is 0 Å². The number of hydrogen-bond acceptors (Lipinski definition) is 3. The van der Waals surface area contributed by atoms with Gasteiger partial charge in [0.25, 0.3) is 0 Å². The summed E-state index contributed by atoms with van der Waals surface area (Å²) in [6.45, 7) is 13.8. The molecule has 1 aromatic heterocycles. The molecule has 3 N–H and O–H groups in total. The fourth-order valence-corrected chi connectivity index (χ4v) is 2.50. The summed E-state index contributed by atoms with van der Waals surface area (Å²) in [6.07, 6.45) is 5.64. The van der Waals surface area contributed by atoms with Crippen LogP contribution in [-0.4, -0.2) is 16.6 Å². The van der Waals surface area contributed by atoms with Crippen molar-refractivity contribution in [2.75, 3.05) is 6.54 Å². The molecule has 0 aliphatic heterocycles. The van der Waals surface area contributed by atoms with Gasteiger partial charge >= 0.3 is 0 Å². The van der Waals surface area contributed by atoms with E-state index in [2.05, 4.69) is 11.6 Å². The van der Waals surface area contributed by atoms with Gasteiger partial charge in [0.05, 0.1) is 16.3 Å². The zero-order valence-electron chi connectivity index (χ0n) is 14.7. The second-order valence-corrected chi connectivity index (χ2v) is 6.90. The fourth-order valence-electron chi connectivity index (χ4n) is 2.06. The number of aromatic nitrogens is 1. The van der Waals surface area contributed by atoms with E-state index in [0.717, 1.165) is 16.8 Å². The molecule has 1 heterocycles. The van der Waals surface area contributed by atoms with Crippen LogP contribution in [0, 0.1) is 0 Å². The quantitative estimate of drug-likeness (QED) is 0.750. The number of pyridine rings is 1. The Labute approximate surface area is 144 Å². The van der Waals surface area contributed by atoms with E-state index < -0.39 is 5.60 Å². The minimum atomic E-state index is -1.07. The van der Waals surface area contributed by atoms with Crippen molar-refractivity contribution in [3.05, 3.63) is 58.4 Å². The van der Waals surface area contributed by atoms with Gasteiger partial charge in [-0.2, -0.15) is 0 Å². The SMILES string of the molecule is C=C/C(=C\C=C(C)C)c1nc(C(C)CN)cc(C(C)(C)O)c1Cl. The Morgan fingerprint density at radius 2 is 2.04 bits per heavy atom. The van der Waals surface area contributed by atoms with Gasteiger partial charge in [-0.1, -0.05) is 48.9 Å². The van der Waals surface area contributed by atoms with Crippen molar-refractivity contribution in [3.63, 3.8) is 0 Å². The molecule has 4 heteroatoms. The monoisotopic (exact) mass is 334 g/mol. The first-order valence-electron chi connectivity index (χ1n) is 7.73. The Balaban J connectivity index is 3.66. The molecule has 0 aliphatic rings. The second-order valence-electron chi connectivity index (χ2n) is 6.52. The van der Waals surface area contributed by atoms with Crippen LogP contribution in [0.25, 0.3) is 5.57 Å². The molecule has 23 heavy (non-hydrogen) atoms. The highest BCUT2D eigenvalue weighted by Crippen LogP contribution is 2.35. The molecule has 0 spiro atoms. The van der Waals surface area contributed by atoms with Gasteiger partial charge in [0, 0.05) is 29.3 Å². The van der Waals surface area contributed by atoms with Gasteiger partial charge in [0.2, 0.25) is 0 Å². The van der Waals surface area contributed by atoms with E-state index in [9.17, 15) is 5.11 Å². The second kappa shape index (κ2) is 7.91. The molecule has 0 aliphatic carbocycles. The molecule has 1 rings (SSSR count). The predicted octanol–water partition coefficient (Wildman–Crippen LogP) is 4.56. The summed E-state index contributed by atoms with van der Waals surface area (Å²) in [7, 11) is 0. The molecule has 126 valence electrons. The third kappa shape index (κ3) is 5.03. The number of nitrogens with two attached hydrogens (primary N) is 1. The number of nitrogens with zero attached hydrogens (tertiary/aromatic N) is 1. The molecule has 1 unspecified atom stereocenters. The lowest BCUT2D eigenvalue weighted by atomic mass is 9.93. The van der Waals surface area contributed by atoms with Crippen LogP contribution in [0.2, 0.25) is 5.02 Å². The number of allylic oxidation sites excluding steroid dienone is 5. The van der Waals surface area contributed by atoms with Crippen LogP contribution in [0.5, 0.6) is 0 Å². The lowest BCUT2D eigenvalue weighted by Gasteiger charge is -2.23. The van der Waals surface area contributed by atoms with Crippen molar-refractivity contribution in [1.29, 1.82) is 0 Å². The zero-order valence-corrected chi connectivity index (χ0v) is 15.4. The van der Waals surface area contributed by atoms with Gasteiger partial charge in [0.15, 0.2) is 0 Å². The summed E-state index contributed by atoms with van der Waals surface area (Å²) in [5.41, 5.74) is 8.76. The average molecular weight is 335 g/mol. The van der Waals surface area contributed by atoms with Gasteiger partial charge in [0.1, 0.15) is 0 Å². The maximum Gasteiger partial charge on any atom is 0.0895 e. The molecular weight excluding hydrogens is 308 g/mol. The van der Waals surface area contributed by atoms with E-state index in [1.165, 1.54) is 0 Å². The van der Waals surface area contributed by atoms with Crippen LogP contribution in [0.1, 0.15) is 57.5 Å². The standard InChI is InChI=1S/C19H27ClN2O/c1-7-14(9-8-12(2)3)18-17(20)15(19(5,6)23)10-16(22-18)13(4)11-21/h7-10,13,23H,1,11,21H2,2-6H3/b14-9+. The molecule has 0 amide bonds. The van der Waals surface area contributed by atoms with Gasteiger partial charge in [-0.15, -0.1) is 0 Å². The molecule has 0 bridgehead atoms. The summed E-state index contributed by atoms with van der Waals surface area (Å²) >= 11 is 6.54. The maximum absolute atomic E-state index is 10.4. The molecule has 0 saturated heterocycles. The number of aliphatic hydroxyl groups is 1. The summed E-state index contributed by atoms with van der Waals surface area (Å²) < 4.78 is 0. The smallest absolute Gasteiger partial charge is 0.0895 e. The molecule has 0 fully saturated rings. The third-order valence-corrected chi connectivity index (χ3v) is 3.97. The Kier molecular flexibility index (Phi) is 6.75. The van der Waals surface area contributed by atoms with Crippen molar-refractivity contribution in [2.45, 2.75) is 46.1 Å². The van der Waals surface area contributed by atoms with E-state index >= 15 is 0 Å². The highest BCUT2D eigenvalue weighted by atomic mass is 35.5.